The van der Waals surface area contributed by atoms with Crippen LogP contribution in [0.1, 0.15) is 26.2 Å². The summed E-state index contributed by atoms with van der Waals surface area (Å²) in [5.74, 6) is 0. The number of halogens is 3. The molecule has 0 bridgehead atoms. The van der Waals surface area contributed by atoms with Crippen molar-refractivity contribution in [1.82, 2.24) is 0 Å². The zero-order valence-corrected chi connectivity index (χ0v) is 9.30. The van der Waals surface area contributed by atoms with E-state index < -0.39 is 18.3 Å². The van der Waals surface area contributed by atoms with Crippen molar-refractivity contribution >= 4 is 0 Å². The Labute approximate surface area is 93.1 Å². The molecule has 0 saturated carbocycles. The molecule has 3 unspecified atom stereocenters. The Bertz CT molecular complexity index is 205. The number of hydrogen-bond donors (Lipinski definition) is 1. The number of alkyl halides is 3. The van der Waals surface area contributed by atoms with E-state index in [1.165, 1.54) is 0 Å². The maximum Gasteiger partial charge on any atom is 0.416 e. The van der Waals surface area contributed by atoms with Gasteiger partial charge in [-0.2, -0.15) is 13.2 Å². The zero-order chi connectivity index (χ0) is 12.2. The third-order valence-electron chi connectivity index (χ3n) is 2.67. The number of ether oxygens (including phenoxy) is 2. The highest BCUT2D eigenvalue weighted by molar-refractivity contribution is 4.80. The van der Waals surface area contributed by atoms with Crippen molar-refractivity contribution < 1.29 is 22.6 Å². The lowest BCUT2D eigenvalue weighted by atomic mass is 10.1. The molecule has 0 spiro atoms. The molecule has 0 aromatic carbocycles. The van der Waals surface area contributed by atoms with Gasteiger partial charge >= 0.3 is 6.18 Å². The highest BCUT2D eigenvalue weighted by Crippen LogP contribution is 2.26. The van der Waals surface area contributed by atoms with Crippen LogP contribution in [0.2, 0.25) is 0 Å². The molecule has 0 radical (unpaired) electrons. The lowest BCUT2D eigenvalue weighted by Crippen LogP contribution is -2.47. The summed E-state index contributed by atoms with van der Waals surface area (Å²) in [5.41, 5.74) is 5.40. The van der Waals surface area contributed by atoms with E-state index in [4.69, 9.17) is 15.2 Å². The minimum atomic E-state index is -4.41. The monoisotopic (exact) mass is 241 g/mol. The van der Waals surface area contributed by atoms with E-state index in [9.17, 15) is 13.2 Å². The van der Waals surface area contributed by atoms with Crippen molar-refractivity contribution in [3.8, 4) is 0 Å². The second-order valence-electron chi connectivity index (χ2n) is 4.00. The van der Waals surface area contributed by atoms with Crippen LogP contribution in [0.15, 0.2) is 0 Å². The van der Waals surface area contributed by atoms with Crippen molar-refractivity contribution in [3.63, 3.8) is 0 Å². The van der Waals surface area contributed by atoms with Gasteiger partial charge in [-0.25, -0.2) is 0 Å². The van der Waals surface area contributed by atoms with Gasteiger partial charge in [-0.1, -0.05) is 6.92 Å². The highest BCUT2D eigenvalue weighted by Gasteiger charge is 2.44. The summed E-state index contributed by atoms with van der Waals surface area (Å²) in [6.07, 6.45) is -4.64. The third-order valence-corrected chi connectivity index (χ3v) is 2.67. The average molecular weight is 241 g/mol. The van der Waals surface area contributed by atoms with Crippen LogP contribution in [0.5, 0.6) is 0 Å². The Morgan fingerprint density at radius 1 is 1.50 bits per heavy atom. The molecule has 3 atom stereocenters. The van der Waals surface area contributed by atoms with Gasteiger partial charge < -0.3 is 15.2 Å². The van der Waals surface area contributed by atoms with Crippen molar-refractivity contribution in [1.29, 1.82) is 0 Å². The molecule has 1 aliphatic heterocycles. The fraction of sp³-hybridized carbons (Fsp3) is 1.00. The molecule has 0 aromatic rings. The summed E-state index contributed by atoms with van der Waals surface area (Å²) >= 11 is 0. The second kappa shape index (κ2) is 5.84. The van der Waals surface area contributed by atoms with Crippen LogP contribution >= 0.6 is 0 Å². The third kappa shape index (κ3) is 3.92. The Hall–Kier alpha value is -0.330. The van der Waals surface area contributed by atoms with E-state index in [1.807, 2.05) is 0 Å². The van der Waals surface area contributed by atoms with E-state index in [0.29, 0.717) is 6.61 Å². The smallest absolute Gasteiger partial charge is 0.376 e. The summed E-state index contributed by atoms with van der Waals surface area (Å²) in [4.78, 5) is 0. The quantitative estimate of drug-likeness (QED) is 0.799. The predicted molar refractivity (Wildman–Crippen MR) is 53.0 cm³/mol. The van der Waals surface area contributed by atoms with Crippen LogP contribution in [-0.2, 0) is 9.47 Å². The normalized spacial score (nSPS) is 25.7. The van der Waals surface area contributed by atoms with E-state index in [0.717, 1.165) is 12.8 Å². The number of hydrogen-bond acceptors (Lipinski definition) is 3. The first-order chi connectivity index (χ1) is 7.45. The molecule has 0 aliphatic carbocycles. The van der Waals surface area contributed by atoms with Crippen LogP contribution < -0.4 is 5.73 Å². The Kier molecular flexibility index (Phi) is 5.01. The molecular weight excluding hydrogens is 223 g/mol. The average Bonchev–Trinajstić information content (AvgIpc) is 2.68. The molecule has 1 heterocycles. The summed E-state index contributed by atoms with van der Waals surface area (Å²) in [7, 11) is 0. The van der Waals surface area contributed by atoms with Gasteiger partial charge in [0.25, 0.3) is 0 Å². The maximum absolute atomic E-state index is 12.6. The van der Waals surface area contributed by atoms with Gasteiger partial charge in [-0.05, 0) is 19.3 Å². The predicted octanol–water partition coefficient (Wildman–Crippen LogP) is 1.85. The maximum atomic E-state index is 12.6. The molecule has 6 heteroatoms. The van der Waals surface area contributed by atoms with Crippen molar-refractivity contribution in [2.45, 2.75) is 50.6 Å². The van der Waals surface area contributed by atoms with E-state index in [2.05, 4.69) is 0 Å². The van der Waals surface area contributed by atoms with Gasteiger partial charge in [-0.3, -0.25) is 0 Å². The van der Waals surface area contributed by atoms with Crippen LogP contribution in [-0.4, -0.2) is 37.6 Å². The minimum absolute atomic E-state index is 0.0299. The van der Waals surface area contributed by atoms with Gasteiger partial charge in [0.05, 0.1) is 12.7 Å². The zero-order valence-electron chi connectivity index (χ0n) is 9.30. The molecule has 3 nitrogen and oxygen atoms in total. The van der Waals surface area contributed by atoms with Crippen molar-refractivity contribution in [2.75, 3.05) is 13.2 Å². The topological polar surface area (TPSA) is 44.5 Å². The van der Waals surface area contributed by atoms with Gasteiger partial charge in [0, 0.05) is 12.6 Å². The summed E-state index contributed by atoms with van der Waals surface area (Å²) in [5, 5.41) is 0. The highest BCUT2D eigenvalue weighted by atomic mass is 19.4. The Balaban J connectivity index is 2.43. The first kappa shape index (κ1) is 13.7. The standard InChI is InChI=1S/C10H18F3NO2/c1-2-8(14)9(10(11,12)13)16-6-7-4-3-5-15-7/h7-9H,2-6,14H2,1H3. The van der Waals surface area contributed by atoms with Crippen molar-refractivity contribution in [3.05, 3.63) is 0 Å². The van der Waals surface area contributed by atoms with Crippen LogP contribution in [0.25, 0.3) is 0 Å². The molecule has 2 N–H and O–H groups in total. The Morgan fingerprint density at radius 2 is 2.19 bits per heavy atom. The summed E-state index contributed by atoms with van der Waals surface area (Å²) in [6, 6.07) is -1.01. The van der Waals surface area contributed by atoms with Crippen LogP contribution in [0, 0.1) is 0 Å². The lowest BCUT2D eigenvalue weighted by Gasteiger charge is -2.26. The van der Waals surface area contributed by atoms with E-state index >= 15 is 0 Å². The van der Waals surface area contributed by atoms with E-state index in [-0.39, 0.29) is 19.1 Å². The van der Waals surface area contributed by atoms with Crippen molar-refractivity contribution in [2.24, 2.45) is 5.73 Å². The molecule has 0 amide bonds. The fourth-order valence-electron chi connectivity index (χ4n) is 1.66. The van der Waals surface area contributed by atoms with Gasteiger partial charge in [-0.15, -0.1) is 0 Å². The SMILES string of the molecule is CCC(N)C(OCC1CCCO1)C(F)(F)F. The van der Waals surface area contributed by atoms with Gasteiger partial charge in [0.2, 0.25) is 0 Å². The first-order valence-corrected chi connectivity index (χ1v) is 5.50. The van der Waals surface area contributed by atoms with E-state index in [1.54, 1.807) is 6.92 Å². The summed E-state index contributed by atoms with van der Waals surface area (Å²) in [6.45, 7) is 2.18. The molecule has 0 aromatic heterocycles. The molecular formula is C10H18F3NO2. The minimum Gasteiger partial charge on any atom is -0.376 e. The second-order valence-corrected chi connectivity index (χ2v) is 4.00. The molecule has 1 fully saturated rings. The summed E-state index contributed by atoms with van der Waals surface area (Å²) < 4.78 is 47.8. The molecule has 16 heavy (non-hydrogen) atoms. The van der Waals surface area contributed by atoms with Crippen LogP contribution in [0.3, 0.4) is 0 Å². The molecule has 1 saturated heterocycles. The lowest BCUT2D eigenvalue weighted by molar-refractivity contribution is -0.231. The molecule has 96 valence electrons. The first-order valence-electron chi connectivity index (χ1n) is 5.50. The van der Waals surface area contributed by atoms with Gasteiger partial charge in [0.15, 0.2) is 6.10 Å². The van der Waals surface area contributed by atoms with Gasteiger partial charge in [0.1, 0.15) is 0 Å². The largest absolute Gasteiger partial charge is 0.416 e. The number of nitrogens with two attached hydrogens (primary N) is 1. The number of rotatable bonds is 5. The molecule has 1 rings (SSSR count). The van der Waals surface area contributed by atoms with Crippen LogP contribution in [0.4, 0.5) is 13.2 Å². The fourth-order valence-corrected chi connectivity index (χ4v) is 1.66. The Morgan fingerprint density at radius 3 is 2.62 bits per heavy atom. The molecule has 1 aliphatic rings.